The smallest absolute Gasteiger partial charge is 0.0642 e. The average Bonchev–Trinajstić information content (AvgIpc) is 2.60. The molecule has 0 saturated carbocycles. The Bertz CT molecular complexity index is 857. The van der Waals surface area contributed by atoms with E-state index in [0.717, 1.165) is 26.3 Å². The number of rotatable bonds is 2. The average molecular weight is 368 g/mol. The van der Waals surface area contributed by atoms with Crippen LogP contribution < -0.4 is 15.1 Å². The number of anilines is 4. The van der Waals surface area contributed by atoms with Crippen molar-refractivity contribution in [1.29, 1.82) is 0 Å². The predicted molar refractivity (Wildman–Crippen MR) is 110 cm³/mol. The Balaban J connectivity index is 1.51. The maximum atomic E-state index is 5.51. The minimum absolute atomic E-state index is 0.822. The van der Waals surface area contributed by atoms with Crippen LogP contribution in [0.3, 0.4) is 0 Å². The van der Waals surface area contributed by atoms with Crippen LogP contribution in [0.5, 0.6) is 0 Å². The summed E-state index contributed by atoms with van der Waals surface area (Å²) in [4.78, 5) is 7.59. The van der Waals surface area contributed by atoms with Crippen molar-refractivity contribution >= 4 is 34.5 Å². The molecule has 3 heterocycles. The standard InChI is InChI=1S/C21H25N3OS/c1-14-10-16(23-4-3-5-23)12-18-20(14)22-21-15(2)11-17(13-19(21)26-18)24-6-8-25-9-7-24/h10-13,22H,3-9H2,1-2H3. The number of benzene rings is 2. The summed E-state index contributed by atoms with van der Waals surface area (Å²) in [6.45, 7) is 10.4. The minimum Gasteiger partial charge on any atom is -0.378 e. The van der Waals surface area contributed by atoms with Crippen LogP contribution >= 0.6 is 11.8 Å². The van der Waals surface area contributed by atoms with Gasteiger partial charge >= 0.3 is 0 Å². The number of nitrogens with one attached hydrogen (secondary N) is 1. The van der Waals surface area contributed by atoms with Gasteiger partial charge in [0.15, 0.2) is 0 Å². The number of fused-ring (bicyclic) bond motifs is 2. The fourth-order valence-corrected chi connectivity index (χ4v) is 5.18. The van der Waals surface area contributed by atoms with Crippen LogP contribution in [0.2, 0.25) is 0 Å². The molecule has 0 atom stereocenters. The highest BCUT2D eigenvalue weighted by Crippen LogP contribution is 2.49. The van der Waals surface area contributed by atoms with E-state index in [4.69, 9.17) is 4.74 Å². The number of morpholine rings is 1. The third kappa shape index (κ3) is 2.74. The minimum atomic E-state index is 0.822. The van der Waals surface area contributed by atoms with E-state index in [1.165, 1.54) is 63.2 Å². The van der Waals surface area contributed by atoms with Crippen LogP contribution in [-0.4, -0.2) is 39.4 Å². The number of ether oxygens (including phenoxy) is 1. The second kappa shape index (κ2) is 6.39. The molecular formula is C21H25N3OS. The van der Waals surface area contributed by atoms with Crippen LogP contribution in [0.1, 0.15) is 17.5 Å². The first kappa shape index (κ1) is 16.3. The third-order valence-corrected chi connectivity index (χ3v) is 6.72. The van der Waals surface area contributed by atoms with Gasteiger partial charge in [-0.25, -0.2) is 0 Å². The molecule has 2 fully saturated rings. The zero-order valence-electron chi connectivity index (χ0n) is 15.5. The molecule has 0 aliphatic carbocycles. The molecule has 0 aromatic heterocycles. The van der Waals surface area contributed by atoms with Crippen LogP contribution in [0.4, 0.5) is 22.7 Å². The molecule has 2 aromatic rings. The molecule has 0 spiro atoms. The molecule has 136 valence electrons. The van der Waals surface area contributed by atoms with Crippen molar-refractivity contribution in [3.05, 3.63) is 35.4 Å². The van der Waals surface area contributed by atoms with Crippen molar-refractivity contribution in [2.24, 2.45) is 0 Å². The topological polar surface area (TPSA) is 27.7 Å². The number of hydrogen-bond acceptors (Lipinski definition) is 5. The quantitative estimate of drug-likeness (QED) is 0.717. The molecule has 1 N–H and O–H groups in total. The summed E-state index contributed by atoms with van der Waals surface area (Å²) < 4.78 is 5.51. The van der Waals surface area contributed by atoms with Gasteiger partial charge in [-0.2, -0.15) is 0 Å². The molecule has 5 heteroatoms. The van der Waals surface area contributed by atoms with Gasteiger partial charge in [0.25, 0.3) is 0 Å². The van der Waals surface area contributed by atoms with E-state index in [1.807, 2.05) is 11.8 Å². The summed E-state index contributed by atoms with van der Waals surface area (Å²) in [5.74, 6) is 0. The van der Waals surface area contributed by atoms with E-state index < -0.39 is 0 Å². The van der Waals surface area contributed by atoms with E-state index in [1.54, 1.807) is 0 Å². The molecule has 26 heavy (non-hydrogen) atoms. The lowest BCUT2D eigenvalue weighted by atomic mass is 10.1. The van der Waals surface area contributed by atoms with E-state index >= 15 is 0 Å². The van der Waals surface area contributed by atoms with E-state index in [-0.39, 0.29) is 0 Å². The maximum absolute atomic E-state index is 5.51. The zero-order chi connectivity index (χ0) is 17.7. The molecule has 2 aromatic carbocycles. The number of nitrogens with zero attached hydrogens (tertiary/aromatic N) is 2. The fourth-order valence-electron chi connectivity index (χ4n) is 3.96. The molecule has 4 nitrogen and oxygen atoms in total. The second-order valence-corrected chi connectivity index (χ2v) is 8.52. The molecule has 3 aliphatic heterocycles. The Morgan fingerprint density at radius 1 is 0.808 bits per heavy atom. The number of hydrogen-bond donors (Lipinski definition) is 1. The van der Waals surface area contributed by atoms with Crippen molar-refractivity contribution in [3.63, 3.8) is 0 Å². The van der Waals surface area contributed by atoms with Crippen molar-refractivity contribution in [2.45, 2.75) is 30.1 Å². The van der Waals surface area contributed by atoms with Crippen molar-refractivity contribution in [3.8, 4) is 0 Å². The van der Waals surface area contributed by atoms with Gasteiger partial charge in [0.2, 0.25) is 0 Å². The molecule has 0 amide bonds. The Morgan fingerprint density at radius 2 is 1.35 bits per heavy atom. The van der Waals surface area contributed by atoms with Crippen LogP contribution in [0.25, 0.3) is 0 Å². The second-order valence-electron chi connectivity index (χ2n) is 7.44. The van der Waals surface area contributed by atoms with Crippen molar-refractivity contribution in [2.75, 3.05) is 54.5 Å². The monoisotopic (exact) mass is 367 g/mol. The first-order valence-electron chi connectivity index (χ1n) is 9.51. The molecule has 0 unspecified atom stereocenters. The summed E-state index contributed by atoms with van der Waals surface area (Å²) in [6.07, 6.45) is 1.31. The predicted octanol–water partition coefficient (Wildman–Crippen LogP) is 4.56. The molecule has 5 rings (SSSR count). The van der Waals surface area contributed by atoms with Gasteiger partial charge < -0.3 is 19.9 Å². The molecule has 0 bridgehead atoms. The largest absolute Gasteiger partial charge is 0.378 e. The van der Waals surface area contributed by atoms with Crippen LogP contribution in [-0.2, 0) is 4.74 Å². The zero-order valence-corrected chi connectivity index (χ0v) is 16.3. The first-order chi connectivity index (χ1) is 12.7. The first-order valence-corrected chi connectivity index (χ1v) is 10.3. The van der Waals surface area contributed by atoms with Crippen molar-refractivity contribution in [1.82, 2.24) is 0 Å². The lowest BCUT2D eigenvalue weighted by Crippen LogP contribution is -2.37. The lowest BCUT2D eigenvalue weighted by Gasteiger charge is -2.35. The van der Waals surface area contributed by atoms with Gasteiger partial charge in [-0.05, 0) is 55.7 Å². The summed E-state index contributed by atoms with van der Waals surface area (Å²) in [6, 6.07) is 9.35. The summed E-state index contributed by atoms with van der Waals surface area (Å²) in [5.41, 5.74) is 7.87. The Morgan fingerprint density at radius 3 is 1.85 bits per heavy atom. The summed E-state index contributed by atoms with van der Waals surface area (Å²) >= 11 is 1.91. The molecular weight excluding hydrogens is 342 g/mol. The summed E-state index contributed by atoms with van der Waals surface area (Å²) in [7, 11) is 0. The lowest BCUT2D eigenvalue weighted by molar-refractivity contribution is 0.122. The normalized spacial score (nSPS) is 18.7. The Kier molecular flexibility index (Phi) is 4.02. The van der Waals surface area contributed by atoms with Gasteiger partial charge in [0.05, 0.1) is 24.6 Å². The molecule has 0 radical (unpaired) electrons. The van der Waals surface area contributed by atoms with E-state index in [2.05, 4.69) is 53.2 Å². The molecule has 2 saturated heterocycles. The van der Waals surface area contributed by atoms with Crippen molar-refractivity contribution < 1.29 is 4.74 Å². The van der Waals surface area contributed by atoms with E-state index in [9.17, 15) is 0 Å². The number of aryl methyl sites for hydroxylation is 2. The highest BCUT2D eigenvalue weighted by Gasteiger charge is 2.24. The van der Waals surface area contributed by atoms with Gasteiger partial charge in [-0.3, -0.25) is 0 Å². The van der Waals surface area contributed by atoms with Gasteiger partial charge in [-0.1, -0.05) is 11.8 Å². The van der Waals surface area contributed by atoms with Gasteiger partial charge in [0, 0.05) is 47.3 Å². The molecule has 3 aliphatic rings. The highest BCUT2D eigenvalue weighted by atomic mass is 32.2. The fraction of sp³-hybridized carbons (Fsp3) is 0.429. The van der Waals surface area contributed by atoms with Crippen LogP contribution in [0, 0.1) is 13.8 Å². The third-order valence-electron chi connectivity index (χ3n) is 5.64. The maximum Gasteiger partial charge on any atom is 0.0642 e. The van der Waals surface area contributed by atoms with E-state index in [0.29, 0.717) is 0 Å². The van der Waals surface area contributed by atoms with Gasteiger partial charge in [-0.15, -0.1) is 0 Å². The summed E-state index contributed by atoms with van der Waals surface area (Å²) in [5, 5.41) is 3.73. The van der Waals surface area contributed by atoms with Crippen LogP contribution in [0.15, 0.2) is 34.1 Å². The Labute approximate surface area is 159 Å². The highest BCUT2D eigenvalue weighted by molar-refractivity contribution is 7.99. The van der Waals surface area contributed by atoms with Gasteiger partial charge in [0.1, 0.15) is 0 Å². The SMILES string of the molecule is Cc1cc(N2CCC2)cc2c1Nc1c(C)cc(N3CCOCC3)cc1S2. The Hall–Kier alpha value is -1.85.